The van der Waals surface area contributed by atoms with Gasteiger partial charge < -0.3 is 5.73 Å². The van der Waals surface area contributed by atoms with E-state index in [1.165, 1.54) is 0 Å². The summed E-state index contributed by atoms with van der Waals surface area (Å²) in [6.45, 7) is 0. The Labute approximate surface area is 103 Å². The fourth-order valence-electron chi connectivity index (χ4n) is 2.45. The van der Waals surface area contributed by atoms with Gasteiger partial charge in [-0.25, -0.2) is 17.6 Å². The van der Waals surface area contributed by atoms with Gasteiger partial charge in [-0.3, -0.25) is 0 Å². The second kappa shape index (κ2) is 4.88. The Morgan fingerprint density at radius 2 is 1.78 bits per heavy atom. The first-order valence-corrected chi connectivity index (χ1v) is 5.97. The zero-order valence-corrected chi connectivity index (χ0v) is 9.80. The van der Waals surface area contributed by atoms with Crippen LogP contribution in [0.25, 0.3) is 0 Å². The molecule has 2 rings (SSSR count). The fourth-order valence-corrected chi connectivity index (χ4v) is 2.45. The molecule has 1 fully saturated rings. The number of alkyl halides is 2. The van der Waals surface area contributed by atoms with E-state index >= 15 is 0 Å². The summed E-state index contributed by atoms with van der Waals surface area (Å²) in [5.41, 5.74) is 5.95. The molecule has 1 nitrogen and oxygen atoms in total. The maximum Gasteiger partial charge on any atom is 0.248 e. The Hall–Kier alpha value is -1.10. The molecule has 0 spiro atoms. The largest absolute Gasteiger partial charge is 0.324 e. The van der Waals surface area contributed by atoms with E-state index < -0.39 is 23.6 Å². The number of hydrogen-bond donors (Lipinski definition) is 1. The van der Waals surface area contributed by atoms with Crippen molar-refractivity contribution in [1.82, 2.24) is 0 Å². The number of halogens is 4. The van der Waals surface area contributed by atoms with Crippen LogP contribution in [-0.4, -0.2) is 5.92 Å². The van der Waals surface area contributed by atoms with Gasteiger partial charge in [0, 0.05) is 24.4 Å². The van der Waals surface area contributed by atoms with Gasteiger partial charge in [-0.15, -0.1) is 0 Å². The van der Waals surface area contributed by atoms with E-state index in [2.05, 4.69) is 0 Å². The van der Waals surface area contributed by atoms with E-state index in [4.69, 9.17) is 5.73 Å². The van der Waals surface area contributed by atoms with E-state index in [9.17, 15) is 17.6 Å². The fraction of sp³-hybridized carbons (Fsp3) is 0.538. The van der Waals surface area contributed by atoms with Crippen LogP contribution in [0, 0.1) is 17.6 Å². The van der Waals surface area contributed by atoms with Gasteiger partial charge in [-0.05, 0) is 37.0 Å². The maximum atomic E-state index is 13.5. The maximum absolute atomic E-state index is 13.5. The third kappa shape index (κ3) is 2.83. The molecular formula is C13H15F4N. The van der Waals surface area contributed by atoms with Gasteiger partial charge in [0.2, 0.25) is 5.92 Å². The first-order valence-electron chi connectivity index (χ1n) is 5.97. The highest BCUT2D eigenvalue weighted by atomic mass is 19.3. The molecule has 0 aliphatic heterocycles. The van der Waals surface area contributed by atoms with Gasteiger partial charge in [-0.2, -0.15) is 0 Å². The van der Waals surface area contributed by atoms with E-state index in [1.807, 2.05) is 0 Å². The minimum atomic E-state index is -2.64. The smallest absolute Gasteiger partial charge is 0.248 e. The molecule has 1 unspecified atom stereocenters. The summed E-state index contributed by atoms with van der Waals surface area (Å²) < 4.78 is 52.6. The highest BCUT2D eigenvalue weighted by Crippen LogP contribution is 2.40. The lowest BCUT2D eigenvalue weighted by Crippen LogP contribution is -2.31. The van der Waals surface area contributed by atoms with Gasteiger partial charge in [-0.1, -0.05) is 0 Å². The Bertz CT molecular complexity index is 423. The Kier molecular flexibility index (Phi) is 3.61. The van der Waals surface area contributed by atoms with Crippen LogP contribution in [0.3, 0.4) is 0 Å². The number of benzene rings is 1. The molecule has 2 N–H and O–H groups in total. The summed E-state index contributed by atoms with van der Waals surface area (Å²) in [6.07, 6.45) is 0.0127. The van der Waals surface area contributed by atoms with Crippen LogP contribution >= 0.6 is 0 Å². The highest BCUT2D eigenvalue weighted by Gasteiger charge is 2.37. The van der Waals surface area contributed by atoms with E-state index in [0.29, 0.717) is 0 Å². The van der Waals surface area contributed by atoms with Gasteiger partial charge in [0.15, 0.2) is 0 Å². The topological polar surface area (TPSA) is 26.0 Å². The highest BCUT2D eigenvalue weighted by molar-refractivity contribution is 5.22. The molecule has 0 amide bonds. The molecule has 1 aromatic carbocycles. The average Bonchev–Trinajstić information content (AvgIpc) is 2.31. The molecule has 18 heavy (non-hydrogen) atoms. The summed E-state index contributed by atoms with van der Waals surface area (Å²) in [5.74, 6) is -4.01. The van der Waals surface area contributed by atoms with Crippen molar-refractivity contribution in [3.8, 4) is 0 Å². The Morgan fingerprint density at radius 3 is 2.39 bits per heavy atom. The quantitative estimate of drug-likeness (QED) is 0.805. The molecule has 1 aromatic rings. The zero-order chi connectivity index (χ0) is 13.3. The molecule has 0 aromatic heterocycles. The number of nitrogens with two attached hydrogens (primary N) is 1. The van der Waals surface area contributed by atoms with E-state index in [0.717, 1.165) is 18.2 Å². The third-order valence-corrected chi connectivity index (χ3v) is 3.59. The molecule has 0 radical (unpaired) electrons. The number of hydrogen-bond acceptors (Lipinski definition) is 1. The van der Waals surface area contributed by atoms with Crippen molar-refractivity contribution in [2.24, 2.45) is 11.7 Å². The van der Waals surface area contributed by atoms with Crippen molar-refractivity contribution in [1.29, 1.82) is 0 Å². The average molecular weight is 261 g/mol. The minimum absolute atomic E-state index is 0.0743. The lowest BCUT2D eigenvalue weighted by Gasteiger charge is -2.32. The summed E-state index contributed by atoms with van der Waals surface area (Å²) in [5, 5.41) is 0. The van der Waals surface area contributed by atoms with Crippen LogP contribution in [-0.2, 0) is 0 Å². The molecular weight excluding hydrogens is 246 g/mol. The second-order valence-corrected chi connectivity index (χ2v) is 4.88. The third-order valence-electron chi connectivity index (χ3n) is 3.59. The summed E-state index contributed by atoms with van der Waals surface area (Å²) in [7, 11) is 0. The second-order valence-electron chi connectivity index (χ2n) is 4.88. The zero-order valence-electron chi connectivity index (χ0n) is 9.80. The van der Waals surface area contributed by atoms with Gasteiger partial charge in [0.1, 0.15) is 11.6 Å². The molecule has 1 atom stereocenters. The van der Waals surface area contributed by atoms with Crippen molar-refractivity contribution in [2.45, 2.75) is 37.6 Å². The monoisotopic (exact) mass is 261 g/mol. The molecule has 0 saturated heterocycles. The van der Waals surface area contributed by atoms with Crippen LogP contribution in [0.4, 0.5) is 17.6 Å². The van der Waals surface area contributed by atoms with Crippen LogP contribution in [0.1, 0.15) is 37.3 Å². The van der Waals surface area contributed by atoms with Gasteiger partial charge in [0.25, 0.3) is 0 Å². The lowest BCUT2D eigenvalue weighted by molar-refractivity contribution is -0.0484. The minimum Gasteiger partial charge on any atom is -0.324 e. The molecule has 1 aliphatic carbocycles. The van der Waals surface area contributed by atoms with Crippen LogP contribution < -0.4 is 5.73 Å². The summed E-state index contributed by atoms with van der Waals surface area (Å²) in [6, 6.07) is 2.35. The van der Waals surface area contributed by atoms with Crippen molar-refractivity contribution in [3.63, 3.8) is 0 Å². The van der Waals surface area contributed by atoms with Crippen LogP contribution in [0.2, 0.25) is 0 Å². The molecule has 0 bridgehead atoms. The summed E-state index contributed by atoms with van der Waals surface area (Å²) >= 11 is 0. The lowest BCUT2D eigenvalue weighted by atomic mass is 9.80. The van der Waals surface area contributed by atoms with Crippen molar-refractivity contribution in [3.05, 3.63) is 35.4 Å². The predicted molar refractivity (Wildman–Crippen MR) is 60.2 cm³/mol. The van der Waals surface area contributed by atoms with E-state index in [-0.39, 0.29) is 37.2 Å². The van der Waals surface area contributed by atoms with Crippen molar-refractivity contribution in [2.75, 3.05) is 0 Å². The van der Waals surface area contributed by atoms with Gasteiger partial charge >= 0.3 is 0 Å². The molecule has 5 heteroatoms. The normalized spacial score (nSPS) is 21.8. The van der Waals surface area contributed by atoms with Crippen LogP contribution in [0.15, 0.2) is 18.2 Å². The molecule has 0 heterocycles. The Balaban J connectivity index is 2.12. The van der Waals surface area contributed by atoms with Crippen molar-refractivity contribution < 1.29 is 17.6 Å². The first-order chi connectivity index (χ1) is 8.39. The SMILES string of the molecule is NC(c1cc(F)ccc1F)C1CCC(F)(F)CC1. The Morgan fingerprint density at radius 1 is 1.17 bits per heavy atom. The van der Waals surface area contributed by atoms with Crippen LogP contribution in [0.5, 0.6) is 0 Å². The summed E-state index contributed by atoms with van der Waals surface area (Å²) in [4.78, 5) is 0. The van der Waals surface area contributed by atoms with Crippen molar-refractivity contribution >= 4 is 0 Å². The van der Waals surface area contributed by atoms with E-state index in [1.54, 1.807) is 0 Å². The molecule has 100 valence electrons. The standard InChI is InChI=1S/C13H15F4N/c14-9-1-2-11(15)10(7-9)12(18)8-3-5-13(16,17)6-4-8/h1-2,7-8,12H,3-6,18H2. The molecule has 1 saturated carbocycles. The predicted octanol–water partition coefficient (Wildman–Crippen LogP) is 3.79. The first kappa shape index (κ1) is 13.3. The molecule has 1 aliphatic rings. The number of rotatable bonds is 2. The van der Waals surface area contributed by atoms with Gasteiger partial charge in [0.05, 0.1) is 0 Å².